The number of primary sulfonamides is 1. The molecule has 0 fully saturated rings. The van der Waals surface area contributed by atoms with Crippen LogP contribution >= 0.6 is 0 Å². The average Bonchev–Trinajstić information content (AvgIpc) is 2.30. The second-order valence-corrected chi connectivity index (χ2v) is 5.46. The summed E-state index contributed by atoms with van der Waals surface area (Å²) >= 11 is 0. The molecule has 0 amide bonds. The highest BCUT2D eigenvalue weighted by Crippen LogP contribution is 2.28. The third-order valence-corrected chi connectivity index (χ3v) is 3.46. The van der Waals surface area contributed by atoms with Crippen LogP contribution in [0.15, 0.2) is 41.4 Å². The Balaban J connectivity index is 2.34. The molecule has 100 valence electrons. The lowest BCUT2D eigenvalue weighted by Crippen LogP contribution is -2.14. The normalized spacial score (nSPS) is 11.3. The van der Waals surface area contributed by atoms with Crippen LogP contribution in [0.3, 0.4) is 0 Å². The van der Waals surface area contributed by atoms with Gasteiger partial charge in [0.15, 0.2) is 0 Å². The van der Waals surface area contributed by atoms with Crippen molar-refractivity contribution < 1.29 is 13.2 Å². The molecule has 0 bridgehead atoms. The van der Waals surface area contributed by atoms with E-state index < -0.39 is 10.0 Å². The molecule has 0 radical (unpaired) electrons. The van der Waals surface area contributed by atoms with Gasteiger partial charge >= 0.3 is 0 Å². The van der Waals surface area contributed by atoms with Gasteiger partial charge in [-0.2, -0.15) is 0 Å². The fourth-order valence-electron chi connectivity index (χ4n) is 1.55. The molecule has 1 aromatic carbocycles. The van der Waals surface area contributed by atoms with Gasteiger partial charge in [0.05, 0.1) is 11.4 Å². The lowest BCUT2D eigenvalue weighted by atomic mass is 10.3. The molecule has 1 heterocycles. The van der Waals surface area contributed by atoms with E-state index in [0.29, 0.717) is 11.5 Å². The van der Waals surface area contributed by atoms with Gasteiger partial charge in [-0.1, -0.05) is 0 Å². The first-order valence-electron chi connectivity index (χ1n) is 5.40. The Morgan fingerprint density at radius 1 is 1.26 bits per heavy atom. The summed E-state index contributed by atoms with van der Waals surface area (Å²) in [6, 6.07) is 7.71. The third kappa shape index (κ3) is 3.01. The van der Waals surface area contributed by atoms with Crippen molar-refractivity contribution in [3.05, 3.63) is 42.2 Å². The van der Waals surface area contributed by atoms with Gasteiger partial charge in [-0.15, -0.1) is 0 Å². The van der Waals surface area contributed by atoms with Crippen LogP contribution in [0.5, 0.6) is 11.5 Å². The number of ether oxygens (including phenoxy) is 1. The molecule has 0 spiro atoms. The van der Waals surface area contributed by atoms with Gasteiger partial charge < -0.3 is 10.5 Å². The number of hydrogen-bond donors (Lipinski definition) is 2. The summed E-state index contributed by atoms with van der Waals surface area (Å²) < 4.78 is 28.0. The molecule has 0 aliphatic rings. The summed E-state index contributed by atoms with van der Waals surface area (Å²) in [4.78, 5) is 3.96. The summed E-state index contributed by atoms with van der Waals surface area (Å²) in [5.74, 6) is 0.992. The van der Waals surface area contributed by atoms with E-state index in [1.807, 2.05) is 0 Å². The maximum Gasteiger partial charge on any atom is 0.240 e. The maximum atomic E-state index is 11.2. The topological polar surface area (TPSA) is 108 Å². The van der Waals surface area contributed by atoms with Crippen LogP contribution in [0.1, 0.15) is 5.69 Å². The number of rotatable bonds is 3. The largest absolute Gasteiger partial charge is 0.455 e. The van der Waals surface area contributed by atoms with Crippen molar-refractivity contribution >= 4 is 15.7 Å². The lowest BCUT2D eigenvalue weighted by molar-refractivity contribution is 0.475. The van der Waals surface area contributed by atoms with E-state index >= 15 is 0 Å². The van der Waals surface area contributed by atoms with Crippen molar-refractivity contribution in [2.75, 3.05) is 5.73 Å². The number of benzene rings is 1. The average molecular weight is 279 g/mol. The highest BCUT2D eigenvalue weighted by Gasteiger charge is 2.13. The second-order valence-electron chi connectivity index (χ2n) is 3.93. The van der Waals surface area contributed by atoms with Gasteiger partial charge in [-0.05, 0) is 31.2 Å². The lowest BCUT2D eigenvalue weighted by Gasteiger charge is -2.09. The first-order valence-corrected chi connectivity index (χ1v) is 6.94. The number of aromatic nitrogens is 1. The molecule has 6 nitrogen and oxygen atoms in total. The maximum absolute atomic E-state index is 11.2. The molecule has 0 aliphatic heterocycles. The molecule has 19 heavy (non-hydrogen) atoms. The van der Waals surface area contributed by atoms with Gasteiger partial charge in [0.1, 0.15) is 16.4 Å². The van der Waals surface area contributed by atoms with Crippen LogP contribution < -0.4 is 15.6 Å². The summed E-state index contributed by atoms with van der Waals surface area (Å²) in [6.07, 6.45) is 1.65. The van der Waals surface area contributed by atoms with Gasteiger partial charge in [0.2, 0.25) is 10.0 Å². The van der Waals surface area contributed by atoms with Crippen LogP contribution in [0, 0.1) is 6.92 Å². The van der Waals surface area contributed by atoms with Gasteiger partial charge in [0.25, 0.3) is 0 Å². The number of aryl methyl sites for hydroxylation is 1. The Morgan fingerprint density at radius 2 is 2.00 bits per heavy atom. The van der Waals surface area contributed by atoms with Crippen molar-refractivity contribution in [2.24, 2.45) is 5.14 Å². The molecule has 0 saturated carbocycles. The molecule has 1 aromatic heterocycles. The summed E-state index contributed by atoms with van der Waals surface area (Å²) in [5.41, 5.74) is 6.41. The number of hydrogen-bond acceptors (Lipinski definition) is 5. The number of nitrogen functional groups attached to an aromatic ring is 1. The zero-order valence-corrected chi connectivity index (χ0v) is 11.0. The number of nitrogens with two attached hydrogens (primary N) is 2. The molecule has 7 heteroatoms. The van der Waals surface area contributed by atoms with E-state index in [-0.39, 0.29) is 10.6 Å². The molecular formula is C12H13N3O3S. The molecule has 0 atom stereocenters. The highest BCUT2D eigenvalue weighted by molar-refractivity contribution is 7.89. The fourth-order valence-corrected chi connectivity index (χ4v) is 2.20. The fraction of sp³-hybridized carbons (Fsp3) is 0.0833. The second kappa shape index (κ2) is 4.87. The van der Waals surface area contributed by atoms with Crippen molar-refractivity contribution in [1.29, 1.82) is 0 Å². The smallest absolute Gasteiger partial charge is 0.240 e. The van der Waals surface area contributed by atoms with Crippen molar-refractivity contribution in [1.82, 2.24) is 4.98 Å². The molecule has 2 rings (SSSR count). The highest BCUT2D eigenvalue weighted by atomic mass is 32.2. The number of sulfonamides is 1. The monoisotopic (exact) mass is 279 g/mol. The van der Waals surface area contributed by atoms with E-state index in [2.05, 4.69) is 4.98 Å². The number of pyridine rings is 1. The predicted octanol–water partition coefficient (Wildman–Crippen LogP) is 1.41. The van der Waals surface area contributed by atoms with E-state index in [4.69, 9.17) is 15.6 Å². The minimum absolute atomic E-state index is 0.0431. The van der Waals surface area contributed by atoms with Crippen molar-refractivity contribution in [3.63, 3.8) is 0 Å². The summed E-state index contributed by atoms with van der Waals surface area (Å²) in [6.45, 7) is 1.80. The Kier molecular flexibility index (Phi) is 3.41. The Morgan fingerprint density at radius 3 is 2.58 bits per heavy atom. The van der Waals surface area contributed by atoms with Crippen LogP contribution in [-0.4, -0.2) is 13.4 Å². The number of nitrogens with zero attached hydrogens (tertiary/aromatic N) is 1. The van der Waals surface area contributed by atoms with Gasteiger partial charge in [-0.3, -0.25) is 4.98 Å². The van der Waals surface area contributed by atoms with Gasteiger partial charge in [-0.25, -0.2) is 13.6 Å². The predicted molar refractivity (Wildman–Crippen MR) is 71.3 cm³/mol. The standard InChI is InChI=1S/C12H13N3O3S/c1-8-11(3-2-6-15-8)18-9-4-5-12(10(13)7-9)19(14,16)17/h2-7H,13H2,1H3,(H2,14,16,17). The minimum Gasteiger partial charge on any atom is -0.455 e. The quantitative estimate of drug-likeness (QED) is 0.826. The SMILES string of the molecule is Cc1ncccc1Oc1ccc(S(N)(=O)=O)c(N)c1. The first-order chi connectivity index (χ1) is 8.88. The van der Waals surface area contributed by atoms with E-state index in [1.165, 1.54) is 18.2 Å². The Hall–Kier alpha value is -2.12. The van der Waals surface area contributed by atoms with Gasteiger partial charge in [0, 0.05) is 12.3 Å². The summed E-state index contributed by atoms with van der Waals surface area (Å²) in [5, 5.41) is 5.03. The zero-order valence-electron chi connectivity index (χ0n) is 10.2. The number of anilines is 1. The molecule has 0 aliphatic carbocycles. The molecule has 4 N–H and O–H groups in total. The van der Waals surface area contributed by atoms with E-state index in [1.54, 1.807) is 25.3 Å². The Labute approximate surface area is 111 Å². The van der Waals surface area contributed by atoms with E-state index in [0.717, 1.165) is 5.69 Å². The molecule has 2 aromatic rings. The molecule has 0 saturated heterocycles. The van der Waals surface area contributed by atoms with E-state index in [9.17, 15) is 8.42 Å². The zero-order chi connectivity index (χ0) is 14.0. The van der Waals surface area contributed by atoms with Crippen LogP contribution in [0.4, 0.5) is 5.69 Å². The van der Waals surface area contributed by atoms with Crippen LogP contribution in [0.25, 0.3) is 0 Å². The Bertz CT molecular complexity index is 714. The first kappa shape index (κ1) is 13.3. The minimum atomic E-state index is -3.82. The molecular weight excluding hydrogens is 266 g/mol. The summed E-state index contributed by atoms with van der Waals surface area (Å²) in [7, 11) is -3.82. The van der Waals surface area contributed by atoms with Crippen molar-refractivity contribution in [3.8, 4) is 11.5 Å². The third-order valence-electron chi connectivity index (χ3n) is 2.47. The van der Waals surface area contributed by atoms with Crippen molar-refractivity contribution in [2.45, 2.75) is 11.8 Å². The molecule has 0 unspecified atom stereocenters. The van der Waals surface area contributed by atoms with Crippen LogP contribution in [0.2, 0.25) is 0 Å². The van der Waals surface area contributed by atoms with Crippen LogP contribution in [-0.2, 0) is 10.0 Å².